The predicted molar refractivity (Wildman–Crippen MR) is 137 cm³/mol. The molecule has 0 bridgehead atoms. The van der Waals surface area contributed by atoms with Gasteiger partial charge in [-0.3, -0.25) is 4.79 Å². The highest BCUT2D eigenvalue weighted by Crippen LogP contribution is 2.23. The smallest absolute Gasteiger partial charge is 0.231 e. The number of carbonyl (C=O) groups excluding carboxylic acids is 1. The number of hydrogen-bond donors (Lipinski definition) is 3. The number of allylic oxidation sites excluding steroid dienone is 1. The highest BCUT2D eigenvalue weighted by Gasteiger charge is 2.27. The fourth-order valence-electron chi connectivity index (χ4n) is 4.59. The molecule has 1 aliphatic carbocycles. The molecule has 1 aliphatic heterocycles. The van der Waals surface area contributed by atoms with Gasteiger partial charge in [0.1, 0.15) is 0 Å². The number of hydrogen-bond acceptors (Lipinski definition) is 7. The maximum Gasteiger partial charge on any atom is 0.231 e. The summed E-state index contributed by atoms with van der Waals surface area (Å²) in [5.74, 6) is 2.32. The van der Waals surface area contributed by atoms with Crippen molar-refractivity contribution in [2.45, 2.75) is 51.4 Å². The summed E-state index contributed by atoms with van der Waals surface area (Å²) in [5, 5.41) is 9.57. The van der Waals surface area contributed by atoms with Gasteiger partial charge in [0.2, 0.25) is 23.8 Å². The minimum atomic E-state index is 0.0513. The molecule has 2 aromatic rings. The Morgan fingerprint density at radius 1 is 1.09 bits per heavy atom. The van der Waals surface area contributed by atoms with E-state index in [4.69, 9.17) is 0 Å². The number of amides is 1. The minimum Gasteiger partial charge on any atom is -0.357 e. The lowest BCUT2D eigenvalue weighted by atomic mass is 9.95. The molecule has 1 atom stereocenters. The van der Waals surface area contributed by atoms with E-state index in [-0.39, 0.29) is 11.8 Å². The Kier molecular flexibility index (Phi) is 8.33. The summed E-state index contributed by atoms with van der Waals surface area (Å²) in [6.07, 6.45) is 8.67. The third-order valence-corrected chi connectivity index (χ3v) is 6.81. The number of rotatable bonds is 9. The molecule has 0 unspecified atom stereocenters. The number of benzene rings is 1. The van der Waals surface area contributed by atoms with E-state index in [1.54, 1.807) is 0 Å². The first-order valence-corrected chi connectivity index (χ1v) is 12.6. The molecular formula is C26H37N7O. The number of anilines is 3. The Labute approximate surface area is 202 Å². The second-order valence-electron chi connectivity index (χ2n) is 9.31. The van der Waals surface area contributed by atoms with Crippen LogP contribution in [0.3, 0.4) is 0 Å². The summed E-state index contributed by atoms with van der Waals surface area (Å²) >= 11 is 0. The van der Waals surface area contributed by atoms with Gasteiger partial charge >= 0.3 is 0 Å². The first-order chi connectivity index (χ1) is 16.6. The zero-order valence-electron chi connectivity index (χ0n) is 20.4. The monoisotopic (exact) mass is 463 g/mol. The quantitative estimate of drug-likeness (QED) is 0.485. The van der Waals surface area contributed by atoms with Crippen molar-refractivity contribution in [1.82, 2.24) is 20.3 Å². The topological polar surface area (TPSA) is 95.1 Å². The van der Waals surface area contributed by atoms with Gasteiger partial charge in [0, 0.05) is 39.1 Å². The SMILES string of the molecule is CNc1nc(NC[C@H](C)c2ccccc2)nc(N2CCC(C(=O)NCC3=CCCCC3)CC2)n1. The van der Waals surface area contributed by atoms with E-state index in [9.17, 15) is 4.79 Å². The maximum atomic E-state index is 12.7. The number of aromatic nitrogens is 3. The fraction of sp³-hybridized carbons (Fsp3) is 0.538. The second-order valence-corrected chi connectivity index (χ2v) is 9.31. The summed E-state index contributed by atoms with van der Waals surface area (Å²) < 4.78 is 0. The van der Waals surface area contributed by atoms with Crippen molar-refractivity contribution in [1.29, 1.82) is 0 Å². The number of piperidine rings is 1. The fourth-order valence-corrected chi connectivity index (χ4v) is 4.59. The van der Waals surface area contributed by atoms with Crippen molar-refractivity contribution in [3.8, 4) is 0 Å². The average molecular weight is 464 g/mol. The second kappa shape index (κ2) is 11.8. The van der Waals surface area contributed by atoms with Crippen LogP contribution in [0.4, 0.5) is 17.8 Å². The molecular weight excluding hydrogens is 426 g/mol. The van der Waals surface area contributed by atoms with Crippen LogP contribution in [0.2, 0.25) is 0 Å². The van der Waals surface area contributed by atoms with E-state index in [1.807, 2.05) is 13.1 Å². The standard InChI is InChI=1S/C26H37N7O/c1-19(21-11-7-4-8-12-21)17-29-25-30-24(27-2)31-26(32-25)33-15-13-22(14-16-33)23(34)28-18-20-9-5-3-6-10-20/h4,7-9,11-12,19,22H,3,5-6,10,13-18H2,1-2H3,(H,28,34)(H2,27,29,30,31,32)/t19-/m0/s1. The van der Waals surface area contributed by atoms with Crippen LogP contribution in [0.1, 0.15) is 56.9 Å². The predicted octanol–water partition coefficient (Wildman–Crippen LogP) is 3.96. The Morgan fingerprint density at radius 2 is 1.85 bits per heavy atom. The van der Waals surface area contributed by atoms with Crippen molar-refractivity contribution < 1.29 is 4.79 Å². The normalized spacial score (nSPS) is 17.6. The van der Waals surface area contributed by atoms with Crippen LogP contribution in [0, 0.1) is 5.92 Å². The van der Waals surface area contributed by atoms with Gasteiger partial charge in [-0.2, -0.15) is 15.0 Å². The highest BCUT2D eigenvalue weighted by molar-refractivity contribution is 5.79. The van der Waals surface area contributed by atoms with E-state index in [0.717, 1.165) is 45.3 Å². The van der Waals surface area contributed by atoms with Crippen molar-refractivity contribution >= 4 is 23.8 Å². The van der Waals surface area contributed by atoms with Gasteiger partial charge in [-0.25, -0.2) is 0 Å². The summed E-state index contributed by atoms with van der Waals surface area (Å²) in [6.45, 7) is 5.13. The Morgan fingerprint density at radius 3 is 2.56 bits per heavy atom. The van der Waals surface area contributed by atoms with Gasteiger partial charge in [-0.1, -0.05) is 48.9 Å². The first kappa shape index (κ1) is 24.0. The molecule has 34 heavy (non-hydrogen) atoms. The zero-order valence-corrected chi connectivity index (χ0v) is 20.4. The molecule has 1 aromatic heterocycles. The van der Waals surface area contributed by atoms with Crippen LogP contribution in [0.25, 0.3) is 0 Å². The molecule has 0 spiro atoms. The summed E-state index contributed by atoms with van der Waals surface area (Å²) in [6, 6.07) is 10.4. The Bertz CT molecular complexity index is 970. The number of nitrogens with zero attached hydrogens (tertiary/aromatic N) is 4. The Balaban J connectivity index is 1.31. The van der Waals surface area contributed by atoms with E-state index in [0.29, 0.717) is 30.3 Å². The van der Waals surface area contributed by atoms with E-state index >= 15 is 0 Å². The molecule has 8 heteroatoms. The summed E-state index contributed by atoms with van der Waals surface area (Å²) in [4.78, 5) is 28.6. The molecule has 4 rings (SSSR count). The zero-order chi connectivity index (χ0) is 23.8. The van der Waals surface area contributed by atoms with Crippen LogP contribution >= 0.6 is 0 Å². The molecule has 0 radical (unpaired) electrons. The van der Waals surface area contributed by atoms with E-state index < -0.39 is 0 Å². The number of carbonyl (C=O) groups is 1. The molecule has 8 nitrogen and oxygen atoms in total. The Hall–Kier alpha value is -3.16. The first-order valence-electron chi connectivity index (χ1n) is 12.6. The van der Waals surface area contributed by atoms with Gasteiger partial charge in [0.05, 0.1) is 0 Å². The van der Waals surface area contributed by atoms with Crippen LogP contribution in [-0.4, -0.2) is 54.1 Å². The number of nitrogens with one attached hydrogen (secondary N) is 3. The molecule has 3 N–H and O–H groups in total. The molecule has 1 amide bonds. The lowest BCUT2D eigenvalue weighted by Gasteiger charge is -2.31. The van der Waals surface area contributed by atoms with E-state index in [1.165, 1.54) is 24.0 Å². The summed E-state index contributed by atoms with van der Waals surface area (Å²) in [5.41, 5.74) is 2.65. The van der Waals surface area contributed by atoms with Crippen LogP contribution in [0.15, 0.2) is 42.0 Å². The molecule has 182 valence electrons. The molecule has 0 saturated carbocycles. The average Bonchev–Trinajstić information content (AvgIpc) is 2.91. The van der Waals surface area contributed by atoms with Crippen LogP contribution in [-0.2, 0) is 4.79 Å². The third-order valence-electron chi connectivity index (χ3n) is 6.81. The van der Waals surface area contributed by atoms with Crippen molar-refractivity contribution in [3.63, 3.8) is 0 Å². The van der Waals surface area contributed by atoms with Gasteiger partial charge in [0.15, 0.2) is 0 Å². The van der Waals surface area contributed by atoms with Gasteiger partial charge in [-0.05, 0) is 50.0 Å². The van der Waals surface area contributed by atoms with Gasteiger partial charge in [0.25, 0.3) is 0 Å². The highest BCUT2D eigenvalue weighted by atomic mass is 16.1. The third kappa shape index (κ3) is 6.46. The lowest BCUT2D eigenvalue weighted by molar-refractivity contribution is -0.125. The lowest BCUT2D eigenvalue weighted by Crippen LogP contribution is -2.41. The maximum absolute atomic E-state index is 12.7. The van der Waals surface area contributed by atoms with Crippen molar-refractivity contribution in [2.75, 3.05) is 48.8 Å². The summed E-state index contributed by atoms with van der Waals surface area (Å²) in [7, 11) is 1.81. The largest absolute Gasteiger partial charge is 0.357 e. The van der Waals surface area contributed by atoms with Crippen LogP contribution in [0.5, 0.6) is 0 Å². The van der Waals surface area contributed by atoms with Crippen LogP contribution < -0.4 is 20.9 Å². The molecule has 2 heterocycles. The molecule has 1 aromatic carbocycles. The van der Waals surface area contributed by atoms with Crippen molar-refractivity contribution in [3.05, 3.63) is 47.5 Å². The van der Waals surface area contributed by atoms with Gasteiger partial charge in [-0.15, -0.1) is 0 Å². The van der Waals surface area contributed by atoms with E-state index in [2.05, 4.69) is 73.1 Å². The molecule has 1 fully saturated rings. The minimum absolute atomic E-state index is 0.0513. The van der Waals surface area contributed by atoms with Crippen molar-refractivity contribution in [2.24, 2.45) is 5.92 Å². The molecule has 1 saturated heterocycles. The molecule has 2 aliphatic rings. The van der Waals surface area contributed by atoms with Gasteiger partial charge < -0.3 is 20.9 Å².